The zero-order valence-electron chi connectivity index (χ0n) is 26.8. The molecule has 2 N–H and O–H groups in total. The van der Waals surface area contributed by atoms with E-state index in [-0.39, 0.29) is 16.9 Å². The lowest BCUT2D eigenvalue weighted by Crippen LogP contribution is -2.48. The number of hydrogen-bond donors (Lipinski definition) is 2. The summed E-state index contributed by atoms with van der Waals surface area (Å²) in [5.74, 6) is 0.861. The van der Waals surface area contributed by atoms with Gasteiger partial charge in [-0.2, -0.15) is 5.11 Å². The maximum atomic E-state index is 11.3. The van der Waals surface area contributed by atoms with Gasteiger partial charge in [0.15, 0.2) is 18.3 Å². The number of anilines is 2. The van der Waals surface area contributed by atoms with Gasteiger partial charge in [0.1, 0.15) is 0 Å². The van der Waals surface area contributed by atoms with Crippen LogP contribution >= 0.6 is 0 Å². The van der Waals surface area contributed by atoms with Crippen molar-refractivity contribution in [2.75, 3.05) is 43.5 Å². The van der Waals surface area contributed by atoms with Crippen molar-refractivity contribution in [1.29, 1.82) is 0 Å². The van der Waals surface area contributed by atoms with Crippen molar-refractivity contribution in [3.8, 4) is 0 Å². The minimum atomic E-state index is 0.120. The second-order valence-corrected chi connectivity index (χ2v) is 13.7. The zero-order chi connectivity index (χ0) is 30.3. The molecule has 0 aliphatic carbocycles. The van der Waals surface area contributed by atoms with Crippen molar-refractivity contribution in [3.63, 3.8) is 0 Å². The fourth-order valence-electron chi connectivity index (χ4n) is 5.76. The van der Waals surface area contributed by atoms with Gasteiger partial charge in [0.05, 0.1) is 0 Å². The van der Waals surface area contributed by atoms with Crippen LogP contribution in [0.1, 0.15) is 90.1 Å². The number of ketones is 1. The maximum absolute atomic E-state index is 11.3. The first kappa shape index (κ1) is 31.8. The Kier molecular flexibility index (Phi) is 10.5. The largest absolute Gasteiger partial charge is 0.382 e. The Morgan fingerprint density at radius 3 is 1.50 bits per heavy atom. The molecule has 0 bridgehead atoms. The summed E-state index contributed by atoms with van der Waals surface area (Å²) in [6.07, 6.45) is 4.73. The molecule has 2 fully saturated rings. The molecule has 0 radical (unpaired) electrons. The van der Waals surface area contributed by atoms with E-state index in [9.17, 15) is 4.79 Å². The van der Waals surface area contributed by atoms with Crippen LogP contribution in [0.5, 0.6) is 0 Å². The molecule has 3 aliphatic rings. The van der Waals surface area contributed by atoms with Crippen molar-refractivity contribution in [2.45, 2.75) is 97.3 Å². The number of azo groups is 1. The lowest BCUT2D eigenvalue weighted by molar-refractivity contribution is 0.101. The third kappa shape index (κ3) is 9.20. The third-order valence-corrected chi connectivity index (χ3v) is 8.51. The van der Waals surface area contributed by atoms with E-state index in [0.29, 0.717) is 18.8 Å². The first-order chi connectivity index (χ1) is 19.9. The van der Waals surface area contributed by atoms with Crippen LogP contribution in [-0.2, 0) is 0 Å². The zero-order valence-corrected chi connectivity index (χ0v) is 26.8. The molecule has 2 saturated heterocycles. The predicted octanol–water partition coefficient (Wildman–Crippen LogP) is 7.10. The van der Waals surface area contributed by atoms with Gasteiger partial charge in [0.2, 0.25) is 0 Å². The Labute approximate surface area is 253 Å². The average Bonchev–Trinajstić information content (AvgIpc) is 3.49. The molecular formula is C34H51N7O. The second-order valence-electron chi connectivity index (χ2n) is 13.7. The molecule has 0 aromatic heterocycles. The summed E-state index contributed by atoms with van der Waals surface area (Å²) in [6.45, 7) is 20.4. The van der Waals surface area contributed by atoms with E-state index in [0.717, 1.165) is 48.8 Å². The lowest BCUT2D eigenvalue weighted by atomic mass is 9.98. The summed E-state index contributed by atoms with van der Waals surface area (Å²) in [5.41, 5.74) is 4.65. The van der Waals surface area contributed by atoms with E-state index in [1.165, 1.54) is 31.4 Å². The molecular weight excluding hydrogens is 522 g/mol. The Balaban J connectivity index is 0.000000194. The molecule has 3 heterocycles. The highest BCUT2D eigenvalue weighted by atomic mass is 16.1. The number of aliphatic imine (C=N–C) groups is 1. The van der Waals surface area contributed by atoms with Crippen LogP contribution in [0.4, 0.5) is 11.4 Å². The molecule has 2 aromatic rings. The first-order valence-corrected chi connectivity index (χ1v) is 15.5. The van der Waals surface area contributed by atoms with Crippen molar-refractivity contribution in [3.05, 3.63) is 59.7 Å². The van der Waals surface area contributed by atoms with Gasteiger partial charge in [-0.1, -0.05) is 0 Å². The van der Waals surface area contributed by atoms with Crippen LogP contribution in [0.15, 0.2) is 63.8 Å². The topological polar surface area (TPSA) is 84.7 Å². The van der Waals surface area contributed by atoms with Gasteiger partial charge >= 0.3 is 0 Å². The van der Waals surface area contributed by atoms with Crippen molar-refractivity contribution < 1.29 is 4.79 Å². The number of Topliss-reactive ketones (excluding diaryl/α,β-unsaturated/α-hetero) is 1. The van der Waals surface area contributed by atoms with Gasteiger partial charge in [0.25, 0.3) is 0 Å². The molecule has 0 amide bonds. The Hall–Kier alpha value is -3.10. The number of rotatable bonds is 6. The summed E-state index contributed by atoms with van der Waals surface area (Å²) in [4.78, 5) is 20.6. The normalized spacial score (nSPS) is 19.2. The quantitative estimate of drug-likeness (QED) is 0.360. The van der Waals surface area contributed by atoms with Crippen LogP contribution in [0, 0.1) is 0 Å². The van der Waals surface area contributed by atoms with Gasteiger partial charge in [-0.3, -0.25) is 14.6 Å². The number of nitrogens with one attached hydrogen (secondary N) is 2. The van der Waals surface area contributed by atoms with E-state index in [1.807, 2.05) is 24.3 Å². The molecule has 8 heteroatoms. The molecule has 228 valence electrons. The fourth-order valence-corrected chi connectivity index (χ4v) is 5.76. The molecule has 2 aromatic carbocycles. The molecule has 0 spiro atoms. The number of amidine groups is 1. The Bertz CT molecular complexity index is 1210. The van der Waals surface area contributed by atoms with Crippen LogP contribution < -0.4 is 10.6 Å². The van der Waals surface area contributed by atoms with Gasteiger partial charge in [-0.25, -0.2) is 4.99 Å². The SMILES string of the molecule is CC(=O)c1ccc(NC2CCN(C(C)(C)C)CC2)cc1.CC(C)(C)N1CCC(Nc2ccc(C3=NCN=N3)cc2)CC1. The summed E-state index contributed by atoms with van der Waals surface area (Å²) in [7, 11) is 0. The maximum Gasteiger partial charge on any atom is 0.178 e. The highest BCUT2D eigenvalue weighted by Crippen LogP contribution is 2.24. The number of piperidine rings is 2. The highest BCUT2D eigenvalue weighted by Gasteiger charge is 2.28. The van der Waals surface area contributed by atoms with Crippen molar-refractivity contribution in [1.82, 2.24) is 9.80 Å². The van der Waals surface area contributed by atoms with E-state index in [2.05, 4.69) is 101 Å². The monoisotopic (exact) mass is 573 g/mol. The summed E-state index contributed by atoms with van der Waals surface area (Å²) < 4.78 is 0. The number of likely N-dealkylation sites (tertiary alicyclic amines) is 2. The molecule has 8 nitrogen and oxygen atoms in total. The Morgan fingerprint density at radius 2 is 1.14 bits per heavy atom. The third-order valence-electron chi connectivity index (χ3n) is 8.51. The van der Waals surface area contributed by atoms with Crippen LogP contribution in [0.3, 0.4) is 0 Å². The van der Waals surface area contributed by atoms with Gasteiger partial charge < -0.3 is 10.6 Å². The van der Waals surface area contributed by atoms with Gasteiger partial charge in [-0.15, -0.1) is 5.11 Å². The lowest BCUT2D eigenvalue weighted by Gasteiger charge is -2.41. The predicted molar refractivity (Wildman–Crippen MR) is 175 cm³/mol. The molecule has 0 atom stereocenters. The number of nitrogens with zero attached hydrogens (tertiary/aromatic N) is 5. The number of benzene rings is 2. The summed E-state index contributed by atoms with van der Waals surface area (Å²) in [6, 6.07) is 17.3. The summed E-state index contributed by atoms with van der Waals surface area (Å²) >= 11 is 0. The molecule has 5 rings (SSSR count). The van der Waals surface area contributed by atoms with E-state index in [1.54, 1.807) is 6.92 Å². The standard InChI is InChI=1S/C17H25N5.C17H26N2O/c1-17(2,3)22-10-8-15(9-11-22)20-14-6-4-13(5-7-14)16-18-12-19-21-16;1-13(20)14-5-7-15(8-6-14)18-16-9-11-19(12-10-16)17(2,3)4/h4-7,15,20H,8-12H2,1-3H3;5-8,16,18H,9-12H2,1-4H3. The van der Waals surface area contributed by atoms with Crippen LogP contribution in [0.25, 0.3) is 0 Å². The molecule has 0 unspecified atom stereocenters. The van der Waals surface area contributed by atoms with Crippen molar-refractivity contribution >= 4 is 23.0 Å². The molecule has 42 heavy (non-hydrogen) atoms. The van der Waals surface area contributed by atoms with E-state index in [4.69, 9.17) is 0 Å². The summed E-state index contributed by atoms with van der Waals surface area (Å²) in [5, 5.41) is 15.1. The van der Waals surface area contributed by atoms with E-state index >= 15 is 0 Å². The average molecular weight is 574 g/mol. The number of carbonyl (C=O) groups excluding carboxylic acids is 1. The number of carbonyl (C=O) groups is 1. The molecule has 0 saturated carbocycles. The Morgan fingerprint density at radius 1 is 0.714 bits per heavy atom. The van der Waals surface area contributed by atoms with Crippen molar-refractivity contribution in [2.24, 2.45) is 15.2 Å². The minimum Gasteiger partial charge on any atom is -0.382 e. The van der Waals surface area contributed by atoms with Crippen LogP contribution in [-0.4, -0.2) is 77.4 Å². The smallest absolute Gasteiger partial charge is 0.178 e. The van der Waals surface area contributed by atoms with E-state index < -0.39 is 0 Å². The van der Waals surface area contributed by atoms with Crippen LogP contribution in [0.2, 0.25) is 0 Å². The second kappa shape index (κ2) is 13.9. The minimum absolute atomic E-state index is 0.120. The molecule has 3 aliphatic heterocycles. The fraction of sp³-hybridized carbons (Fsp3) is 0.588. The first-order valence-electron chi connectivity index (χ1n) is 15.5. The van der Waals surface area contributed by atoms with Gasteiger partial charge in [-0.05, 0) is 123 Å². The highest BCUT2D eigenvalue weighted by molar-refractivity contribution is 6.00. The van der Waals surface area contributed by atoms with Gasteiger partial charge in [0, 0.05) is 71.8 Å². The number of hydrogen-bond acceptors (Lipinski definition) is 8.